The summed E-state index contributed by atoms with van der Waals surface area (Å²) in [6.45, 7) is 0. The van der Waals surface area contributed by atoms with Gasteiger partial charge < -0.3 is 19.7 Å². The fraction of sp³-hybridized carbons (Fsp3) is 0.200. The van der Waals surface area contributed by atoms with Gasteiger partial charge in [0, 0.05) is 18.0 Å². The van der Waals surface area contributed by atoms with Gasteiger partial charge in [-0.1, -0.05) is 18.2 Å². The number of aliphatic imine (C=N–C) groups is 1. The minimum Gasteiger partial charge on any atom is -0.497 e. The number of carbonyl (C=O) groups excluding carboxylic acids is 1. The van der Waals surface area contributed by atoms with E-state index in [0.717, 1.165) is 28.3 Å². The third kappa shape index (κ3) is 2.69. The van der Waals surface area contributed by atoms with Crippen LogP contribution >= 0.6 is 0 Å². The van der Waals surface area contributed by atoms with Gasteiger partial charge in [0.25, 0.3) is 0 Å². The largest absolute Gasteiger partial charge is 0.497 e. The summed E-state index contributed by atoms with van der Waals surface area (Å²) < 4.78 is 10.6. The normalized spacial score (nSPS) is 21.1. The maximum atomic E-state index is 12.6. The topological polar surface area (TPSA) is 63.2 Å². The molecular formula is C20H19N3O3. The molecule has 2 unspecified atom stereocenters. The lowest BCUT2D eigenvalue weighted by atomic mass is 9.92. The minimum absolute atomic E-state index is 0.0579. The molecule has 2 atom stereocenters. The lowest BCUT2D eigenvalue weighted by Gasteiger charge is -2.28. The Hall–Kier alpha value is -3.28. The van der Waals surface area contributed by atoms with E-state index in [0.29, 0.717) is 0 Å². The zero-order valence-corrected chi connectivity index (χ0v) is 14.5. The van der Waals surface area contributed by atoms with Crippen LogP contribution in [0.1, 0.15) is 5.56 Å². The molecule has 2 aliphatic heterocycles. The number of ether oxygens (including phenoxy) is 2. The van der Waals surface area contributed by atoms with Gasteiger partial charge in [0.2, 0.25) is 5.91 Å². The highest BCUT2D eigenvalue weighted by atomic mass is 16.5. The Morgan fingerprint density at radius 3 is 2.54 bits per heavy atom. The van der Waals surface area contributed by atoms with Crippen molar-refractivity contribution in [3.63, 3.8) is 0 Å². The smallest absolute Gasteiger partial charge is 0.236 e. The number of rotatable bonds is 4. The summed E-state index contributed by atoms with van der Waals surface area (Å²) >= 11 is 0. The molecule has 0 spiro atoms. The highest BCUT2D eigenvalue weighted by Gasteiger charge is 2.42. The molecule has 6 heteroatoms. The molecule has 6 nitrogen and oxygen atoms in total. The van der Waals surface area contributed by atoms with Crippen LogP contribution in [0.5, 0.6) is 11.5 Å². The van der Waals surface area contributed by atoms with E-state index in [1.807, 2.05) is 59.6 Å². The fourth-order valence-corrected chi connectivity index (χ4v) is 3.37. The molecular weight excluding hydrogens is 330 g/mol. The van der Waals surface area contributed by atoms with Crippen LogP contribution in [0.4, 0.5) is 5.69 Å². The average molecular weight is 349 g/mol. The van der Waals surface area contributed by atoms with Gasteiger partial charge in [0.15, 0.2) is 0 Å². The number of amides is 1. The zero-order valence-electron chi connectivity index (χ0n) is 14.5. The standard InChI is InChI=1S/C20H19N3O3/c1-25-15-8-6-13(7-9-15)17-11-23(14-4-3-5-16(10-14)26-2)19-18(17)20(24)22-12-21-19/h3-12,18-19H,1-2H3,(H,21,22,24). The SMILES string of the molecule is COc1ccc(C2=CN(c3cccc(OC)c3)C3N=CNC(=O)C23)cc1. The predicted molar refractivity (Wildman–Crippen MR) is 100 cm³/mol. The van der Waals surface area contributed by atoms with Gasteiger partial charge >= 0.3 is 0 Å². The zero-order chi connectivity index (χ0) is 18.1. The summed E-state index contributed by atoms with van der Waals surface area (Å²) in [5.74, 6) is 1.10. The van der Waals surface area contributed by atoms with Crippen molar-refractivity contribution < 1.29 is 14.3 Å². The molecule has 2 aromatic rings. The van der Waals surface area contributed by atoms with E-state index in [-0.39, 0.29) is 18.0 Å². The van der Waals surface area contributed by atoms with E-state index in [4.69, 9.17) is 9.47 Å². The quantitative estimate of drug-likeness (QED) is 0.922. The Morgan fingerprint density at radius 1 is 1.04 bits per heavy atom. The first-order chi connectivity index (χ1) is 12.7. The van der Waals surface area contributed by atoms with Crippen molar-refractivity contribution in [1.82, 2.24) is 5.32 Å². The summed E-state index contributed by atoms with van der Waals surface area (Å²) in [6.07, 6.45) is 3.16. The maximum absolute atomic E-state index is 12.6. The Kier molecular flexibility index (Phi) is 4.08. The maximum Gasteiger partial charge on any atom is 0.236 e. The van der Waals surface area contributed by atoms with Gasteiger partial charge in [0.05, 0.1) is 20.6 Å². The molecule has 0 bridgehead atoms. The molecule has 132 valence electrons. The molecule has 1 N–H and O–H groups in total. The molecule has 1 amide bonds. The summed E-state index contributed by atoms with van der Waals surface area (Å²) in [5.41, 5.74) is 2.82. The van der Waals surface area contributed by atoms with Crippen LogP contribution in [-0.2, 0) is 4.79 Å². The van der Waals surface area contributed by atoms with E-state index < -0.39 is 0 Å². The van der Waals surface area contributed by atoms with E-state index in [1.165, 1.54) is 6.34 Å². The molecule has 0 fully saturated rings. The van der Waals surface area contributed by atoms with Crippen molar-refractivity contribution in [1.29, 1.82) is 0 Å². The minimum atomic E-state index is -0.375. The van der Waals surface area contributed by atoms with E-state index in [1.54, 1.807) is 14.2 Å². The second-order valence-electron chi connectivity index (χ2n) is 6.10. The number of fused-ring (bicyclic) bond motifs is 1. The Labute approximate surface area is 151 Å². The van der Waals surface area contributed by atoms with Crippen LogP contribution in [0.25, 0.3) is 5.57 Å². The summed E-state index contributed by atoms with van der Waals surface area (Å²) in [7, 11) is 3.27. The number of benzene rings is 2. The second kappa shape index (κ2) is 6.55. The Morgan fingerprint density at radius 2 is 1.81 bits per heavy atom. The van der Waals surface area contributed by atoms with Crippen molar-refractivity contribution >= 4 is 23.5 Å². The molecule has 0 saturated carbocycles. The third-order valence-corrected chi connectivity index (χ3v) is 4.69. The summed E-state index contributed by atoms with van der Waals surface area (Å²) in [4.78, 5) is 19.1. The van der Waals surface area contributed by atoms with Gasteiger partial charge in [0.1, 0.15) is 23.6 Å². The van der Waals surface area contributed by atoms with Crippen LogP contribution in [0.3, 0.4) is 0 Å². The number of carbonyl (C=O) groups is 1. The van der Waals surface area contributed by atoms with Crippen LogP contribution in [0.2, 0.25) is 0 Å². The number of anilines is 1. The van der Waals surface area contributed by atoms with Crippen LogP contribution in [-0.4, -0.2) is 32.6 Å². The van der Waals surface area contributed by atoms with Gasteiger partial charge in [-0.05, 0) is 35.4 Å². The number of nitrogens with zero attached hydrogens (tertiary/aromatic N) is 2. The molecule has 0 aromatic heterocycles. The number of methoxy groups -OCH3 is 2. The Balaban J connectivity index is 1.78. The van der Waals surface area contributed by atoms with Crippen molar-refractivity contribution in [3.05, 3.63) is 60.3 Å². The van der Waals surface area contributed by atoms with Gasteiger partial charge in [-0.15, -0.1) is 0 Å². The second-order valence-corrected chi connectivity index (χ2v) is 6.10. The Bertz CT molecular complexity index is 889. The predicted octanol–water partition coefficient (Wildman–Crippen LogP) is 2.67. The molecule has 2 heterocycles. The highest BCUT2D eigenvalue weighted by Crippen LogP contribution is 2.40. The third-order valence-electron chi connectivity index (χ3n) is 4.69. The molecule has 0 aliphatic carbocycles. The van der Waals surface area contributed by atoms with Crippen molar-refractivity contribution in [2.45, 2.75) is 6.17 Å². The van der Waals surface area contributed by atoms with Crippen LogP contribution in [0.15, 0.2) is 59.7 Å². The molecule has 4 rings (SSSR count). The first kappa shape index (κ1) is 16.2. The first-order valence-corrected chi connectivity index (χ1v) is 8.32. The van der Waals surface area contributed by atoms with E-state index in [2.05, 4.69) is 10.3 Å². The van der Waals surface area contributed by atoms with Crippen molar-refractivity contribution in [2.75, 3.05) is 19.1 Å². The average Bonchev–Trinajstić information content (AvgIpc) is 3.09. The number of hydrogen-bond acceptors (Lipinski definition) is 5. The van der Waals surface area contributed by atoms with Gasteiger partial charge in [-0.2, -0.15) is 0 Å². The van der Waals surface area contributed by atoms with Crippen molar-refractivity contribution in [2.24, 2.45) is 10.9 Å². The molecule has 2 aliphatic rings. The fourth-order valence-electron chi connectivity index (χ4n) is 3.37. The van der Waals surface area contributed by atoms with E-state index >= 15 is 0 Å². The number of nitrogens with one attached hydrogen (secondary N) is 1. The van der Waals surface area contributed by atoms with Crippen LogP contribution in [0, 0.1) is 5.92 Å². The van der Waals surface area contributed by atoms with Crippen LogP contribution < -0.4 is 19.7 Å². The van der Waals surface area contributed by atoms with Gasteiger partial charge in [-0.3, -0.25) is 4.79 Å². The molecule has 2 aromatic carbocycles. The first-order valence-electron chi connectivity index (χ1n) is 8.32. The lowest BCUT2D eigenvalue weighted by molar-refractivity contribution is -0.122. The lowest BCUT2D eigenvalue weighted by Crippen LogP contribution is -2.44. The molecule has 0 radical (unpaired) electrons. The molecule has 0 saturated heterocycles. The molecule has 26 heavy (non-hydrogen) atoms. The summed E-state index contributed by atoms with van der Waals surface area (Å²) in [5, 5.41) is 2.72. The van der Waals surface area contributed by atoms with Crippen molar-refractivity contribution in [3.8, 4) is 11.5 Å². The summed E-state index contributed by atoms with van der Waals surface area (Å²) in [6, 6.07) is 15.4. The number of hydrogen-bond donors (Lipinski definition) is 1. The van der Waals surface area contributed by atoms with Gasteiger partial charge in [-0.25, -0.2) is 4.99 Å². The van der Waals surface area contributed by atoms with E-state index in [9.17, 15) is 4.79 Å². The monoisotopic (exact) mass is 349 g/mol. The highest BCUT2D eigenvalue weighted by molar-refractivity contribution is 6.02.